The predicted octanol–water partition coefficient (Wildman–Crippen LogP) is 4.98. The van der Waals surface area contributed by atoms with Crippen molar-refractivity contribution in [3.05, 3.63) is 11.8 Å². The number of nitrogens with one attached hydrogen (secondary N) is 2. The van der Waals surface area contributed by atoms with Gasteiger partial charge in [0, 0.05) is 25.1 Å². The number of hydrogen-bond donors (Lipinski definition) is 2. The Hall–Kier alpha value is -1.52. The monoisotopic (exact) mass is 336 g/mol. The molecular formula is C19H36N4O. The summed E-state index contributed by atoms with van der Waals surface area (Å²) in [5.74, 6) is 0.730. The third-order valence-electron chi connectivity index (χ3n) is 4.21. The van der Waals surface area contributed by atoms with Gasteiger partial charge in [-0.3, -0.25) is 10.00 Å². The van der Waals surface area contributed by atoms with Gasteiger partial charge in [-0.25, -0.2) is 4.79 Å². The molecule has 1 aromatic rings. The number of aromatic nitrogens is 2. The van der Waals surface area contributed by atoms with Crippen molar-refractivity contribution in [2.24, 2.45) is 7.05 Å². The number of amides is 2. The maximum atomic E-state index is 12.0. The number of carbonyl (C=O) groups is 1. The van der Waals surface area contributed by atoms with Gasteiger partial charge in [0.2, 0.25) is 0 Å². The molecule has 0 aromatic carbocycles. The number of nitrogens with zero attached hydrogens (tertiary/aromatic N) is 2. The van der Waals surface area contributed by atoms with Crippen molar-refractivity contribution >= 4 is 11.8 Å². The highest BCUT2D eigenvalue weighted by molar-refractivity contribution is 5.88. The summed E-state index contributed by atoms with van der Waals surface area (Å²) in [7, 11) is 1.85. The van der Waals surface area contributed by atoms with Gasteiger partial charge >= 0.3 is 6.03 Å². The molecule has 1 aromatic heterocycles. The third kappa shape index (κ3) is 7.84. The fourth-order valence-electron chi connectivity index (χ4n) is 2.57. The molecule has 138 valence electrons. The molecule has 2 amide bonds. The minimum absolute atomic E-state index is 0.0225. The van der Waals surface area contributed by atoms with E-state index in [0.29, 0.717) is 0 Å². The number of hydrogen-bond acceptors (Lipinski definition) is 2. The molecule has 0 radical (unpaired) electrons. The van der Waals surface area contributed by atoms with Crippen molar-refractivity contribution in [2.45, 2.75) is 84.5 Å². The maximum absolute atomic E-state index is 12.0. The minimum atomic E-state index is -0.151. The predicted molar refractivity (Wildman–Crippen MR) is 102 cm³/mol. The summed E-state index contributed by atoms with van der Waals surface area (Å²) in [5.41, 5.74) is 0.953. The number of aryl methyl sites for hydroxylation is 1. The molecule has 0 fully saturated rings. The fourth-order valence-corrected chi connectivity index (χ4v) is 2.57. The van der Waals surface area contributed by atoms with E-state index in [9.17, 15) is 4.79 Å². The number of urea groups is 1. The van der Waals surface area contributed by atoms with Crippen LogP contribution in [-0.4, -0.2) is 22.4 Å². The van der Waals surface area contributed by atoms with Crippen molar-refractivity contribution in [1.29, 1.82) is 0 Å². The molecule has 0 aliphatic heterocycles. The van der Waals surface area contributed by atoms with Crippen molar-refractivity contribution in [2.75, 3.05) is 11.9 Å². The van der Waals surface area contributed by atoms with Gasteiger partial charge in [-0.15, -0.1) is 0 Å². The van der Waals surface area contributed by atoms with Gasteiger partial charge < -0.3 is 5.32 Å². The van der Waals surface area contributed by atoms with Gasteiger partial charge in [0.15, 0.2) is 0 Å². The first kappa shape index (κ1) is 20.5. The van der Waals surface area contributed by atoms with Crippen molar-refractivity contribution < 1.29 is 4.79 Å². The van der Waals surface area contributed by atoms with E-state index in [2.05, 4.69) is 43.4 Å². The molecule has 24 heavy (non-hydrogen) atoms. The second-order valence-electron chi connectivity index (χ2n) is 7.64. The lowest BCUT2D eigenvalue weighted by Gasteiger charge is -2.13. The molecule has 1 heterocycles. The average molecular weight is 337 g/mol. The topological polar surface area (TPSA) is 59.0 Å². The first-order valence-electron chi connectivity index (χ1n) is 9.44. The molecule has 0 saturated heterocycles. The number of rotatable bonds is 10. The van der Waals surface area contributed by atoms with Crippen molar-refractivity contribution in [3.63, 3.8) is 0 Å². The summed E-state index contributed by atoms with van der Waals surface area (Å²) >= 11 is 0. The lowest BCUT2D eigenvalue weighted by molar-refractivity contribution is 0.251. The summed E-state index contributed by atoms with van der Waals surface area (Å²) < 4.78 is 1.72. The van der Waals surface area contributed by atoms with Gasteiger partial charge in [-0.1, -0.05) is 72.6 Å². The van der Waals surface area contributed by atoms with Crippen LogP contribution >= 0.6 is 0 Å². The highest BCUT2D eigenvalue weighted by Crippen LogP contribution is 2.23. The van der Waals surface area contributed by atoms with Crippen molar-refractivity contribution in [1.82, 2.24) is 15.1 Å². The largest absolute Gasteiger partial charge is 0.338 e. The van der Waals surface area contributed by atoms with E-state index < -0.39 is 0 Å². The van der Waals surface area contributed by atoms with Crippen LogP contribution in [0.4, 0.5) is 10.6 Å². The molecule has 2 N–H and O–H groups in total. The summed E-state index contributed by atoms with van der Waals surface area (Å²) in [6.07, 6.45) is 10.2. The highest BCUT2D eigenvalue weighted by atomic mass is 16.2. The van der Waals surface area contributed by atoms with Gasteiger partial charge in [0.05, 0.1) is 5.69 Å². The zero-order valence-electron chi connectivity index (χ0n) is 16.2. The van der Waals surface area contributed by atoms with Crippen LogP contribution in [0.1, 0.15) is 84.8 Å². The summed E-state index contributed by atoms with van der Waals surface area (Å²) in [6.45, 7) is 9.31. The zero-order chi connectivity index (χ0) is 18.0. The van der Waals surface area contributed by atoms with Crippen molar-refractivity contribution in [3.8, 4) is 0 Å². The van der Waals surface area contributed by atoms with Crippen LogP contribution in [0.5, 0.6) is 0 Å². The molecule has 0 bridgehead atoms. The molecule has 0 aliphatic rings. The second-order valence-corrected chi connectivity index (χ2v) is 7.64. The van der Waals surface area contributed by atoms with E-state index in [4.69, 9.17) is 0 Å². The first-order chi connectivity index (χ1) is 11.3. The molecule has 0 spiro atoms. The quantitative estimate of drug-likeness (QED) is 0.592. The Kier molecular flexibility index (Phi) is 8.87. The zero-order valence-corrected chi connectivity index (χ0v) is 16.2. The summed E-state index contributed by atoms with van der Waals surface area (Å²) in [5, 5.41) is 10.3. The van der Waals surface area contributed by atoms with E-state index >= 15 is 0 Å². The first-order valence-corrected chi connectivity index (χ1v) is 9.44. The van der Waals surface area contributed by atoms with Crippen LogP contribution in [0.25, 0.3) is 0 Å². The molecule has 5 heteroatoms. The van der Waals surface area contributed by atoms with Gasteiger partial charge in [-0.2, -0.15) is 5.10 Å². The maximum Gasteiger partial charge on any atom is 0.320 e. The number of anilines is 1. The fraction of sp³-hybridized carbons (Fsp3) is 0.789. The Morgan fingerprint density at radius 2 is 1.67 bits per heavy atom. The van der Waals surface area contributed by atoms with E-state index in [1.807, 2.05) is 13.1 Å². The smallest absolute Gasteiger partial charge is 0.320 e. The average Bonchev–Trinajstić information content (AvgIpc) is 2.87. The van der Waals surface area contributed by atoms with Gasteiger partial charge in [0.1, 0.15) is 5.82 Å². The summed E-state index contributed by atoms with van der Waals surface area (Å²) in [4.78, 5) is 12.0. The Balaban J connectivity index is 2.17. The molecular weight excluding hydrogens is 300 g/mol. The van der Waals surface area contributed by atoms with E-state index in [0.717, 1.165) is 24.5 Å². The Morgan fingerprint density at radius 1 is 1.08 bits per heavy atom. The second kappa shape index (κ2) is 10.4. The van der Waals surface area contributed by atoms with Crippen LogP contribution in [0.3, 0.4) is 0 Å². The van der Waals surface area contributed by atoms with E-state index in [1.165, 1.54) is 44.9 Å². The number of carbonyl (C=O) groups excluding carboxylic acids is 1. The van der Waals surface area contributed by atoms with E-state index in [1.54, 1.807) is 4.68 Å². The standard InChI is InChI=1S/C19H36N4O/c1-6-7-8-9-10-11-12-13-14-20-18(24)21-17-15-16(19(2,3)4)22-23(17)5/h15H,6-14H2,1-5H3,(H2,20,21,24). The van der Waals surface area contributed by atoms with Crippen LogP contribution in [0.2, 0.25) is 0 Å². The molecule has 1 rings (SSSR count). The number of unbranched alkanes of at least 4 members (excludes halogenated alkanes) is 7. The Labute approximate surface area is 147 Å². The third-order valence-corrected chi connectivity index (χ3v) is 4.21. The molecule has 0 atom stereocenters. The Morgan fingerprint density at radius 3 is 2.21 bits per heavy atom. The highest BCUT2D eigenvalue weighted by Gasteiger charge is 2.19. The van der Waals surface area contributed by atoms with Crippen LogP contribution in [-0.2, 0) is 12.5 Å². The molecule has 0 aliphatic carbocycles. The minimum Gasteiger partial charge on any atom is -0.338 e. The molecule has 5 nitrogen and oxygen atoms in total. The lowest BCUT2D eigenvalue weighted by atomic mass is 9.92. The normalized spacial score (nSPS) is 11.5. The van der Waals surface area contributed by atoms with Gasteiger partial charge in [0.25, 0.3) is 0 Å². The molecule has 0 unspecified atom stereocenters. The molecule has 0 saturated carbocycles. The Bertz CT molecular complexity index is 488. The van der Waals surface area contributed by atoms with Crippen LogP contribution < -0.4 is 10.6 Å². The van der Waals surface area contributed by atoms with E-state index in [-0.39, 0.29) is 11.4 Å². The van der Waals surface area contributed by atoms with Crippen LogP contribution in [0, 0.1) is 0 Å². The SMILES string of the molecule is CCCCCCCCCCNC(=O)Nc1cc(C(C)(C)C)nn1C. The van der Waals surface area contributed by atoms with Crippen LogP contribution in [0.15, 0.2) is 6.07 Å². The van der Waals surface area contributed by atoms with Gasteiger partial charge in [-0.05, 0) is 6.42 Å². The lowest BCUT2D eigenvalue weighted by Crippen LogP contribution is -2.30. The summed E-state index contributed by atoms with van der Waals surface area (Å²) in [6, 6.07) is 1.79.